The van der Waals surface area contributed by atoms with Gasteiger partial charge in [0.1, 0.15) is 5.58 Å². The maximum absolute atomic E-state index is 12.8. The fourth-order valence-corrected chi connectivity index (χ4v) is 5.12. The molecule has 0 bridgehead atoms. The van der Waals surface area contributed by atoms with E-state index in [1.165, 1.54) is 0 Å². The monoisotopic (exact) mass is 531 g/mol. The van der Waals surface area contributed by atoms with Crippen molar-refractivity contribution in [2.75, 3.05) is 63.2 Å². The summed E-state index contributed by atoms with van der Waals surface area (Å²) in [6.45, 7) is 3.55. The van der Waals surface area contributed by atoms with Crippen molar-refractivity contribution in [3.63, 3.8) is 0 Å². The standard InChI is InChI=1S/C29H33N5O5/c1-31(2)21-9-10-25-22(16-21)24(35)17-26(39-25)29(38)30-18-28(37)33-14-12-32(13-15-33)23-7-4-3-6-20(23)19-34-11-5-8-27(34)36/h3-4,6-7,9-10,16-17H,5,8,11-15,18-19H2,1-2H3,(H,30,38). The van der Waals surface area contributed by atoms with Gasteiger partial charge in [-0.15, -0.1) is 0 Å². The second-order valence-electron chi connectivity index (χ2n) is 10.1. The number of carbonyl (C=O) groups is 3. The third kappa shape index (κ3) is 5.74. The lowest BCUT2D eigenvalue weighted by molar-refractivity contribution is -0.130. The topological polar surface area (TPSA) is 106 Å². The Balaban J connectivity index is 1.16. The first-order valence-corrected chi connectivity index (χ1v) is 13.2. The molecule has 39 heavy (non-hydrogen) atoms. The van der Waals surface area contributed by atoms with Gasteiger partial charge in [-0.1, -0.05) is 18.2 Å². The lowest BCUT2D eigenvalue weighted by Crippen LogP contribution is -2.51. The minimum Gasteiger partial charge on any atom is -0.451 e. The Morgan fingerprint density at radius 1 is 0.974 bits per heavy atom. The number of piperazine rings is 1. The zero-order valence-electron chi connectivity index (χ0n) is 22.3. The quantitative estimate of drug-likeness (QED) is 0.498. The van der Waals surface area contributed by atoms with Crippen molar-refractivity contribution in [3.8, 4) is 0 Å². The summed E-state index contributed by atoms with van der Waals surface area (Å²) < 4.78 is 5.66. The van der Waals surface area contributed by atoms with Crippen molar-refractivity contribution in [1.29, 1.82) is 0 Å². The van der Waals surface area contributed by atoms with Crippen molar-refractivity contribution in [3.05, 3.63) is 70.1 Å². The van der Waals surface area contributed by atoms with Crippen LogP contribution in [0.3, 0.4) is 0 Å². The molecule has 0 aliphatic carbocycles. The van der Waals surface area contributed by atoms with Crippen molar-refractivity contribution >= 4 is 40.1 Å². The molecular weight excluding hydrogens is 498 g/mol. The summed E-state index contributed by atoms with van der Waals surface area (Å²) in [5.41, 5.74) is 3.04. The highest BCUT2D eigenvalue weighted by atomic mass is 16.3. The summed E-state index contributed by atoms with van der Waals surface area (Å²) >= 11 is 0. The van der Waals surface area contributed by atoms with Crippen LogP contribution in [0.5, 0.6) is 0 Å². The van der Waals surface area contributed by atoms with E-state index in [9.17, 15) is 19.2 Å². The van der Waals surface area contributed by atoms with E-state index in [2.05, 4.69) is 22.3 Å². The third-order valence-electron chi connectivity index (χ3n) is 7.35. The molecule has 2 aliphatic rings. The van der Waals surface area contributed by atoms with Crippen LogP contribution in [0, 0.1) is 0 Å². The van der Waals surface area contributed by atoms with Crippen LogP contribution in [0.15, 0.2) is 57.7 Å². The van der Waals surface area contributed by atoms with Crippen LogP contribution in [-0.2, 0) is 16.1 Å². The molecule has 2 saturated heterocycles. The zero-order chi connectivity index (χ0) is 27.5. The first-order valence-electron chi connectivity index (χ1n) is 13.2. The van der Waals surface area contributed by atoms with Crippen LogP contribution >= 0.6 is 0 Å². The number of anilines is 2. The minimum absolute atomic E-state index is 0.129. The average molecular weight is 532 g/mol. The highest BCUT2D eigenvalue weighted by Crippen LogP contribution is 2.25. The van der Waals surface area contributed by atoms with Crippen molar-refractivity contribution in [2.24, 2.45) is 0 Å². The van der Waals surface area contributed by atoms with Crippen LogP contribution in [0.2, 0.25) is 0 Å². The molecule has 2 fully saturated rings. The molecule has 0 unspecified atom stereocenters. The molecule has 5 rings (SSSR count). The Morgan fingerprint density at radius 3 is 2.46 bits per heavy atom. The van der Waals surface area contributed by atoms with E-state index >= 15 is 0 Å². The lowest BCUT2D eigenvalue weighted by atomic mass is 10.1. The number of rotatable bonds is 7. The molecule has 2 aliphatic heterocycles. The van der Waals surface area contributed by atoms with Gasteiger partial charge in [-0.25, -0.2) is 0 Å². The fraction of sp³-hybridized carbons (Fsp3) is 0.379. The number of nitrogens with one attached hydrogen (secondary N) is 1. The van der Waals surface area contributed by atoms with Crippen molar-refractivity contribution in [1.82, 2.24) is 15.1 Å². The first kappa shape index (κ1) is 26.3. The molecule has 1 N–H and O–H groups in total. The number of hydrogen-bond acceptors (Lipinski definition) is 7. The first-order chi connectivity index (χ1) is 18.8. The van der Waals surface area contributed by atoms with Gasteiger partial charge in [-0.05, 0) is 36.2 Å². The maximum atomic E-state index is 12.8. The Kier molecular flexibility index (Phi) is 7.53. The SMILES string of the molecule is CN(C)c1ccc2oc(C(=O)NCC(=O)N3CCN(c4ccccc4CN4CCCC4=O)CC3)cc(=O)c2c1. The van der Waals surface area contributed by atoms with Crippen LogP contribution in [0.4, 0.5) is 11.4 Å². The summed E-state index contributed by atoms with van der Waals surface area (Å²) in [5, 5.41) is 2.98. The van der Waals surface area contributed by atoms with Crippen molar-refractivity contribution in [2.45, 2.75) is 19.4 Å². The molecular formula is C29H33N5O5. The van der Waals surface area contributed by atoms with Gasteiger partial charge in [0.2, 0.25) is 11.8 Å². The summed E-state index contributed by atoms with van der Waals surface area (Å²) in [6, 6.07) is 14.4. The predicted molar refractivity (Wildman–Crippen MR) is 149 cm³/mol. The molecule has 10 nitrogen and oxygen atoms in total. The molecule has 1 aromatic heterocycles. The normalized spacial score (nSPS) is 15.6. The van der Waals surface area contributed by atoms with Gasteiger partial charge in [-0.2, -0.15) is 0 Å². The second-order valence-corrected chi connectivity index (χ2v) is 10.1. The zero-order valence-corrected chi connectivity index (χ0v) is 22.3. The molecule has 2 aromatic carbocycles. The number of likely N-dealkylation sites (tertiary alicyclic amines) is 1. The molecule has 3 aromatic rings. The maximum Gasteiger partial charge on any atom is 0.287 e. The summed E-state index contributed by atoms with van der Waals surface area (Å²) in [7, 11) is 3.75. The van der Waals surface area contributed by atoms with Crippen LogP contribution < -0.4 is 20.5 Å². The molecule has 0 spiro atoms. The molecule has 0 atom stereocenters. The number of para-hydroxylation sites is 1. The van der Waals surface area contributed by atoms with Gasteiger partial charge in [0.25, 0.3) is 5.91 Å². The summed E-state index contributed by atoms with van der Waals surface area (Å²) in [5.74, 6) is -0.736. The van der Waals surface area contributed by atoms with Gasteiger partial charge in [0, 0.05) is 77.2 Å². The van der Waals surface area contributed by atoms with Gasteiger partial charge < -0.3 is 29.3 Å². The number of benzene rings is 2. The average Bonchev–Trinajstić information content (AvgIpc) is 3.35. The van der Waals surface area contributed by atoms with Gasteiger partial charge in [0.05, 0.1) is 11.9 Å². The number of nitrogens with zero attached hydrogens (tertiary/aromatic N) is 4. The highest BCUT2D eigenvalue weighted by molar-refractivity contribution is 5.95. The highest BCUT2D eigenvalue weighted by Gasteiger charge is 2.25. The Bertz CT molecular complexity index is 1460. The fourth-order valence-electron chi connectivity index (χ4n) is 5.12. The van der Waals surface area contributed by atoms with Crippen LogP contribution in [0.25, 0.3) is 11.0 Å². The Morgan fingerprint density at radius 2 is 1.74 bits per heavy atom. The van der Waals surface area contributed by atoms with E-state index in [-0.39, 0.29) is 29.5 Å². The van der Waals surface area contributed by atoms with E-state index in [0.717, 1.165) is 36.0 Å². The lowest BCUT2D eigenvalue weighted by Gasteiger charge is -2.37. The third-order valence-corrected chi connectivity index (χ3v) is 7.35. The van der Waals surface area contributed by atoms with E-state index in [4.69, 9.17) is 4.42 Å². The van der Waals surface area contributed by atoms with Gasteiger partial charge >= 0.3 is 0 Å². The van der Waals surface area contributed by atoms with Gasteiger partial charge in [0.15, 0.2) is 11.2 Å². The molecule has 0 saturated carbocycles. The van der Waals surface area contributed by atoms with E-state index in [1.54, 1.807) is 23.1 Å². The minimum atomic E-state index is -0.608. The Hall–Kier alpha value is -4.34. The molecule has 3 amide bonds. The summed E-state index contributed by atoms with van der Waals surface area (Å²) in [4.78, 5) is 58.0. The largest absolute Gasteiger partial charge is 0.451 e. The molecule has 0 radical (unpaired) electrons. The second kappa shape index (κ2) is 11.2. The van der Waals surface area contributed by atoms with Crippen LogP contribution in [0.1, 0.15) is 29.0 Å². The number of amides is 3. The van der Waals surface area contributed by atoms with E-state index in [1.807, 2.05) is 36.0 Å². The Labute approximate surface area is 226 Å². The van der Waals surface area contributed by atoms with Gasteiger partial charge in [-0.3, -0.25) is 19.2 Å². The molecule has 204 valence electrons. The molecule has 3 heterocycles. The van der Waals surface area contributed by atoms with Crippen LogP contribution in [-0.4, -0.2) is 80.9 Å². The van der Waals surface area contributed by atoms with E-state index < -0.39 is 5.91 Å². The number of carbonyl (C=O) groups excluding carboxylic acids is 3. The van der Waals surface area contributed by atoms with E-state index in [0.29, 0.717) is 50.1 Å². The smallest absolute Gasteiger partial charge is 0.287 e. The van der Waals surface area contributed by atoms with Crippen molar-refractivity contribution < 1.29 is 18.8 Å². The number of fused-ring (bicyclic) bond motifs is 1. The predicted octanol–water partition coefficient (Wildman–Crippen LogP) is 2.06. The summed E-state index contributed by atoms with van der Waals surface area (Å²) in [6.07, 6.45) is 1.52. The number of hydrogen-bond donors (Lipinski definition) is 1. The molecule has 10 heteroatoms.